The molecule has 3 aliphatic rings. The molecule has 0 fully saturated rings. The molecule has 1 nitrogen and oxygen atoms in total. The van der Waals surface area contributed by atoms with Gasteiger partial charge in [-0.25, -0.2) is 0 Å². The lowest BCUT2D eigenvalue weighted by Crippen LogP contribution is -2.28. The lowest BCUT2D eigenvalue weighted by Gasteiger charge is -2.35. The predicted molar refractivity (Wildman–Crippen MR) is 377 cm³/mol. The molecule has 89 heavy (non-hydrogen) atoms. The average molecular weight is 1150 g/mol. The number of fused-ring (bicyclic) bond motifs is 9. The molecule has 0 aliphatic heterocycles. The van der Waals surface area contributed by atoms with Gasteiger partial charge in [-0.2, -0.15) is 0 Å². The second-order valence-electron chi connectivity index (χ2n) is 29.0. The van der Waals surface area contributed by atoms with Crippen LogP contribution in [-0.4, -0.2) is 0 Å². The average Bonchev–Trinajstić information content (AvgIpc) is 1.54. The van der Waals surface area contributed by atoms with Gasteiger partial charge in [0.05, 0.1) is 5.41 Å². The van der Waals surface area contributed by atoms with Gasteiger partial charge in [0.2, 0.25) is 0 Å². The van der Waals surface area contributed by atoms with Gasteiger partial charge in [0.15, 0.2) is 0 Å². The summed E-state index contributed by atoms with van der Waals surface area (Å²) in [6.07, 6.45) is 0. The third-order valence-electron chi connectivity index (χ3n) is 19.8. The molecule has 10 bridgehead atoms. The summed E-state index contributed by atoms with van der Waals surface area (Å²) in [6, 6.07) is 100. The number of benzene rings is 12. The van der Waals surface area contributed by atoms with Crippen LogP contribution in [0.15, 0.2) is 265 Å². The SMILES string of the molecule is CC(C)(C)c1ccc(-c2cc3cc(c2)-c2cccc(c2)C2(c4cccc(c4)-c4cc(-c5ccc(C(C)(C)C)cc5)cc(c4)-c4ccc(C(C)(C)C)cc4C(C)(C)c4ccc-3cc4)c3cc(-c4ccccc4)ccc3-c3c2ccc2oc4ccccc4c32)cc1. The van der Waals surface area contributed by atoms with Crippen molar-refractivity contribution >= 4 is 21.9 Å². The Bertz CT molecular complexity index is 4930. The molecule has 0 saturated carbocycles. The van der Waals surface area contributed by atoms with Gasteiger partial charge in [-0.15, -0.1) is 0 Å². The summed E-state index contributed by atoms with van der Waals surface area (Å²) in [5, 5.41) is 2.27. The Morgan fingerprint density at radius 3 is 1.26 bits per heavy atom. The van der Waals surface area contributed by atoms with Crippen LogP contribution in [0.25, 0.3) is 111 Å². The third-order valence-corrected chi connectivity index (χ3v) is 19.8. The quantitative estimate of drug-likeness (QED) is 0.172. The minimum Gasteiger partial charge on any atom is -0.456 e. The zero-order valence-corrected chi connectivity index (χ0v) is 53.2. The van der Waals surface area contributed by atoms with Crippen molar-refractivity contribution in [3.05, 3.63) is 311 Å². The van der Waals surface area contributed by atoms with Crippen molar-refractivity contribution in [1.82, 2.24) is 0 Å². The Hall–Kier alpha value is -9.56. The van der Waals surface area contributed by atoms with E-state index in [1.807, 2.05) is 0 Å². The number of rotatable bonds is 3. The van der Waals surface area contributed by atoms with E-state index in [1.54, 1.807) is 0 Å². The maximum Gasteiger partial charge on any atom is 0.136 e. The summed E-state index contributed by atoms with van der Waals surface area (Å²) in [5.74, 6) is 0. The second kappa shape index (κ2) is 20.5. The van der Waals surface area contributed by atoms with Gasteiger partial charge < -0.3 is 4.42 Å². The number of para-hydroxylation sites is 1. The van der Waals surface area contributed by atoms with E-state index in [-0.39, 0.29) is 21.7 Å². The zero-order chi connectivity index (χ0) is 61.4. The van der Waals surface area contributed by atoms with Gasteiger partial charge in [0.1, 0.15) is 11.2 Å². The molecule has 0 N–H and O–H groups in total. The first-order valence-corrected chi connectivity index (χ1v) is 31.9. The van der Waals surface area contributed by atoms with Crippen molar-refractivity contribution in [1.29, 1.82) is 0 Å². The van der Waals surface area contributed by atoms with E-state index in [1.165, 1.54) is 122 Å². The molecule has 1 heterocycles. The Morgan fingerprint density at radius 1 is 0.270 bits per heavy atom. The summed E-state index contributed by atoms with van der Waals surface area (Å²) < 4.78 is 6.80. The van der Waals surface area contributed by atoms with Gasteiger partial charge in [-0.05, 0) is 222 Å². The molecular weight excluding hydrogens is 1070 g/mol. The van der Waals surface area contributed by atoms with Crippen LogP contribution in [0.1, 0.15) is 126 Å². The first kappa shape index (κ1) is 56.0. The van der Waals surface area contributed by atoms with Crippen LogP contribution in [0.3, 0.4) is 0 Å². The topological polar surface area (TPSA) is 13.1 Å². The fourth-order valence-electron chi connectivity index (χ4n) is 14.7. The van der Waals surface area contributed by atoms with Crippen molar-refractivity contribution in [2.24, 2.45) is 0 Å². The van der Waals surface area contributed by atoms with Crippen molar-refractivity contribution in [3.8, 4) is 89.0 Å². The van der Waals surface area contributed by atoms with Crippen LogP contribution in [0.2, 0.25) is 0 Å². The molecule has 0 amide bonds. The molecule has 13 aromatic rings. The van der Waals surface area contributed by atoms with E-state index in [0.717, 1.165) is 38.6 Å². The fraction of sp³-hybridized carbons (Fsp3) is 0.182. The summed E-state index contributed by atoms with van der Waals surface area (Å²) in [6.45, 7) is 25.6. The number of hydrogen-bond acceptors (Lipinski definition) is 1. The number of hydrogen-bond donors (Lipinski definition) is 0. The fourth-order valence-corrected chi connectivity index (χ4v) is 14.7. The highest BCUT2D eigenvalue weighted by Crippen LogP contribution is 2.60. The van der Waals surface area contributed by atoms with Gasteiger partial charge in [0, 0.05) is 16.2 Å². The molecule has 1 unspecified atom stereocenters. The normalized spacial score (nSPS) is 15.0. The lowest BCUT2D eigenvalue weighted by atomic mass is 9.66. The first-order chi connectivity index (χ1) is 42.7. The van der Waals surface area contributed by atoms with Crippen molar-refractivity contribution in [3.63, 3.8) is 0 Å². The van der Waals surface area contributed by atoms with Crippen LogP contribution in [-0.2, 0) is 27.1 Å². The standard InChI is InChI=1S/C88H76O/c1-84(2,3)68-34-27-56(28-35-68)62-45-63-47-65(46-62)59-21-17-23-72(51-59)88(77-43-44-81-83(76-25-15-16-26-80(76)89-81)82(77)75-41-33-61(53-79(75)88)55-19-13-12-14-20-55)73-24-18-22-60(52-73)66-48-64(57-29-36-69(37-30-57)85(4,5)6)49-67(50-66)74-42-40-71(86(7,8)9)54-78(74)87(10,11)70-38-31-58(63)32-39-70/h12-54H,1-11H3. The zero-order valence-electron chi connectivity index (χ0n) is 53.2. The Balaban J connectivity index is 1.07. The molecule has 1 spiro atoms. The number of furan rings is 1. The highest BCUT2D eigenvalue weighted by molar-refractivity contribution is 6.16. The minimum absolute atomic E-state index is 0.0224. The van der Waals surface area contributed by atoms with E-state index in [0.29, 0.717) is 0 Å². The van der Waals surface area contributed by atoms with Crippen LogP contribution in [0, 0.1) is 0 Å². The summed E-state index contributed by atoms with van der Waals surface area (Å²) in [7, 11) is 0. The van der Waals surface area contributed by atoms with E-state index in [4.69, 9.17) is 4.42 Å². The Kier molecular flexibility index (Phi) is 12.9. The minimum atomic E-state index is -0.808. The van der Waals surface area contributed by atoms with Crippen LogP contribution in [0.4, 0.5) is 0 Å². The Labute approximate surface area is 526 Å². The smallest absolute Gasteiger partial charge is 0.136 e. The van der Waals surface area contributed by atoms with Crippen molar-refractivity contribution in [2.45, 2.75) is 103 Å². The molecular formula is C88H76O. The summed E-state index contributed by atoms with van der Waals surface area (Å²) in [5.41, 5.74) is 31.0. The highest BCUT2D eigenvalue weighted by Gasteiger charge is 2.48. The van der Waals surface area contributed by atoms with E-state index < -0.39 is 5.41 Å². The van der Waals surface area contributed by atoms with Gasteiger partial charge in [-0.1, -0.05) is 270 Å². The maximum absolute atomic E-state index is 6.80. The van der Waals surface area contributed by atoms with Gasteiger partial charge in [-0.3, -0.25) is 0 Å². The van der Waals surface area contributed by atoms with Gasteiger partial charge >= 0.3 is 0 Å². The molecule has 1 heteroatoms. The van der Waals surface area contributed by atoms with Crippen LogP contribution in [0.5, 0.6) is 0 Å². The first-order valence-electron chi connectivity index (χ1n) is 31.9. The maximum atomic E-state index is 6.80. The van der Waals surface area contributed by atoms with Crippen LogP contribution >= 0.6 is 0 Å². The second-order valence-corrected chi connectivity index (χ2v) is 29.0. The van der Waals surface area contributed by atoms with E-state index >= 15 is 0 Å². The molecule has 0 saturated heterocycles. The molecule has 3 aliphatic carbocycles. The third kappa shape index (κ3) is 9.43. The highest BCUT2D eigenvalue weighted by atomic mass is 16.3. The molecule has 1 atom stereocenters. The molecule has 434 valence electrons. The van der Waals surface area contributed by atoms with Crippen molar-refractivity contribution in [2.75, 3.05) is 0 Å². The largest absolute Gasteiger partial charge is 0.456 e. The molecule has 16 rings (SSSR count). The molecule has 0 radical (unpaired) electrons. The summed E-state index contributed by atoms with van der Waals surface area (Å²) >= 11 is 0. The van der Waals surface area contributed by atoms with E-state index in [2.05, 4.69) is 337 Å². The molecule has 1 aromatic heterocycles. The van der Waals surface area contributed by atoms with E-state index in [9.17, 15) is 0 Å². The predicted octanol–water partition coefficient (Wildman–Crippen LogP) is 24.1. The van der Waals surface area contributed by atoms with Crippen LogP contribution < -0.4 is 0 Å². The Morgan fingerprint density at radius 2 is 0.708 bits per heavy atom. The monoisotopic (exact) mass is 1150 g/mol. The summed E-state index contributed by atoms with van der Waals surface area (Å²) in [4.78, 5) is 0. The van der Waals surface area contributed by atoms with Crippen molar-refractivity contribution < 1.29 is 4.42 Å². The van der Waals surface area contributed by atoms with Gasteiger partial charge in [0.25, 0.3) is 0 Å². The molecule has 12 aromatic carbocycles. The lowest BCUT2D eigenvalue weighted by molar-refractivity contribution is 0.582.